The van der Waals surface area contributed by atoms with Crippen LogP contribution >= 0.6 is 24.0 Å². The zero-order valence-electron chi connectivity index (χ0n) is 17.5. The number of aliphatic carboxylic acids is 1. The Morgan fingerprint density at radius 3 is 2.71 bits per heavy atom. The number of nitrogens with one attached hydrogen (secondary N) is 1. The molecule has 0 aliphatic carbocycles. The van der Waals surface area contributed by atoms with Crippen LogP contribution in [-0.4, -0.2) is 50.9 Å². The zero-order chi connectivity index (χ0) is 24.8. The van der Waals surface area contributed by atoms with Crippen LogP contribution in [0.3, 0.4) is 0 Å². The molecule has 1 aliphatic rings. The molecule has 2 aromatic carbocycles. The molecule has 2 N–H and O–H groups in total. The SMILES string of the molecule is COc1cc(/C=C2/SC(=S)N(NC(=O)c3cccc([N+](=O)[O-])c3)C2=O)ccc1OCCC(=O)O. The van der Waals surface area contributed by atoms with Crippen molar-refractivity contribution in [3.05, 3.63) is 68.6 Å². The van der Waals surface area contributed by atoms with E-state index < -0.39 is 22.7 Å². The van der Waals surface area contributed by atoms with E-state index in [2.05, 4.69) is 5.43 Å². The predicted molar refractivity (Wildman–Crippen MR) is 126 cm³/mol. The van der Waals surface area contributed by atoms with Gasteiger partial charge in [-0.1, -0.05) is 23.9 Å². The van der Waals surface area contributed by atoms with Crippen LogP contribution in [0.15, 0.2) is 47.4 Å². The van der Waals surface area contributed by atoms with Crippen molar-refractivity contribution >= 4 is 57.8 Å². The van der Waals surface area contributed by atoms with E-state index in [-0.39, 0.29) is 33.5 Å². The molecule has 13 heteroatoms. The van der Waals surface area contributed by atoms with Crippen molar-refractivity contribution in [3.8, 4) is 11.5 Å². The van der Waals surface area contributed by atoms with E-state index in [0.717, 1.165) is 22.8 Å². The summed E-state index contributed by atoms with van der Waals surface area (Å²) in [5, 5.41) is 20.5. The van der Waals surface area contributed by atoms with Crippen molar-refractivity contribution in [1.82, 2.24) is 10.4 Å². The first-order valence-electron chi connectivity index (χ1n) is 9.55. The molecule has 2 amide bonds. The van der Waals surface area contributed by atoms with Gasteiger partial charge in [0.25, 0.3) is 17.5 Å². The molecule has 0 saturated carbocycles. The van der Waals surface area contributed by atoms with Crippen LogP contribution < -0.4 is 14.9 Å². The molecule has 1 heterocycles. The number of hydrogen-bond acceptors (Lipinski definition) is 9. The van der Waals surface area contributed by atoms with Crippen molar-refractivity contribution < 1.29 is 33.9 Å². The summed E-state index contributed by atoms with van der Waals surface area (Å²) in [6, 6.07) is 9.90. The number of hydrogen-bond donors (Lipinski definition) is 2. The molecule has 176 valence electrons. The fourth-order valence-electron chi connectivity index (χ4n) is 2.78. The molecule has 0 radical (unpaired) electrons. The number of nitro benzene ring substituents is 1. The normalized spacial score (nSPS) is 14.3. The number of ether oxygens (including phenoxy) is 2. The molecule has 0 spiro atoms. The second-order valence-electron chi connectivity index (χ2n) is 6.67. The molecule has 0 bridgehead atoms. The summed E-state index contributed by atoms with van der Waals surface area (Å²) in [5.74, 6) is -1.61. The summed E-state index contributed by atoms with van der Waals surface area (Å²) >= 11 is 6.16. The maximum atomic E-state index is 12.8. The topological polar surface area (TPSA) is 148 Å². The summed E-state index contributed by atoms with van der Waals surface area (Å²) in [4.78, 5) is 46.5. The maximum Gasteiger partial charge on any atom is 0.306 e. The monoisotopic (exact) mass is 503 g/mol. The van der Waals surface area contributed by atoms with Crippen molar-refractivity contribution in [2.45, 2.75) is 6.42 Å². The van der Waals surface area contributed by atoms with Crippen LogP contribution in [0.4, 0.5) is 5.69 Å². The Labute approximate surface area is 202 Å². The molecule has 0 aromatic heterocycles. The van der Waals surface area contributed by atoms with E-state index in [1.165, 1.54) is 25.3 Å². The lowest BCUT2D eigenvalue weighted by atomic mass is 10.2. The van der Waals surface area contributed by atoms with Gasteiger partial charge in [-0.05, 0) is 42.1 Å². The van der Waals surface area contributed by atoms with Gasteiger partial charge in [0.15, 0.2) is 15.8 Å². The van der Waals surface area contributed by atoms with Gasteiger partial charge in [-0.25, -0.2) is 0 Å². The number of carbonyl (C=O) groups excluding carboxylic acids is 2. The van der Waals surface area contributed by atoms with E-state index >= 15 is 0 Å². The van der Waals surface area contributed by atoms with E-state index in [1.807, 2.05) is 0 Å². The lowest BCUT2D eigenvalue weighted by Crippen LogP contribution is -2.44. The van der Waals surface area contributed by atoms with Crippen molar-refractivity contribution in [3.63, 3.8) is 0 Å². The van der Waals surface area contributed by atoms with Crippen LogP contribution in [0.5, 0.6) is 11.5 Å². The number of nitro groups is 1. The second-order valence-corrected chi connectivity index (χ2v) is 8.34. The molecular weight excluding hydrogens is 486 g/mol. The first-order chi connectivity index (χ1) is 16.2. The highest BCUT2D eigenvalue weighted by molar-refractivity contribution is 8.26. The van der Waals surface area contributed by atoms with Gasteiger partial charge in [0.05, 0.1) is 30.0 Å². The molecule has 1 fully saturated rings. The van der Waals surface area contributed by atoms with Crippen LogP contribution in [0.25, 0.3) is 6.08 Å². The van der Waals surface area contributed by atoms with Crippen molar-refractivity contribution in [1.29, 1.82) is 0 Å². The number of amides is 2. The Bertz CT molecular complexity index is 1210. The van der Waals surface area contributed by atoms with E-state index in [1.54, 1.807) is 24.3 Å². The Morgan fingerprint density at radius 1 is 1.26 bits per heavy atom. The number of benzene rings is 2. The smallest absolute Gasteiger partial charge is 0.306 e. The number of carbonyl (C=O) groups is 3. The predicted octanol–water partition coefficient (Wildman–Crippen LogP) is 3.00. The molecule has 3 rings (SSSR count). The van der Waals surface area contributed by atoms with Gasteiger partial charge >= 0.3 is 5.97 Å². The number of methoxy groups -OCH3 is 1. The van der Waals surface area contributed by atoms with E-state index in [9.17, 15) is 24.5 Å². The summed E-state index contributed by atoms with van der Waals surface area (Å²) < 4.78 is 10.8. The van der Waals surface area contributed by atoms with Crippen LogP contribution in [0, 0.1) is 10.1 Å². The quantitative estimate of drug-likeness (QED) is 0.226. The molecule has 1 aliphatic heterocycles. The minimum atomic E-state index is -0.991. The molecular formula is C21H17N3O8S2. The molecule has 1 saturated heterocycles. The third kappa shape index (κ3) is 5.88. The lowest BCUT2D eigenvalue weighted by Gasteiger charge is -2.15. The number of thiocarbonyl (C=S) groups is 1. The summed E-state index contributed by atoms with van der Waals surface area (Å²) in [5.41, 5.74) is 2.68. The van der Waals surface area contributed by atoms with Crippen LogP contribution in [-0.2, 0) is 9.59 Å². The standard InChI is InChI=1S/C21H17N3O8S2/c1-31-16-9-12(5-6-15(16)32-8-7-18(25)26)10-17-20(28)23(21(33)34-17)22-19(27)13-3-2-4-14(11-13)24(29)30/h2-6,9-11H,7-8H2,1H3,(H,22,27)(H,25,26)/b17-10+. The van der Waals surface area contributed by atoms with Crippen LogP contribution in [0.1, 0.15) is 22.3 Å². The first-order valence-corrected chi connectivity index (χ1v) is 10.8. The molecule has 2 aromatic rings. The number of carboxylic acid groups (broad SMARTS) is 1. The maximum absolute atomic E-state index is 12.8. The Kier molecular flexibility index (Phi) is 7.81. The molecule has 34 heavy (non-hydrogen) atoms. The highest BCUT2D eigenvalue weighted by Gasteiger charge is 2.34. The first kappa shape index (κ1) is 24.7. The minimum absolute atomic E-state index is 0.00421. The summed E-state index contributed by atoms with van der Waals surface area (Å²) in [6.07, 6.45) is 1.37. The van der Waals surface area contributed by atoms with Gasteiger partial charge in [-0.2, -0.15) is 5.01 Å². The summed E-state index contributed by atoms with van der Waals surface area (Å²) in [6.45, 7) is -0.0338. The minimum Gasteiger partial charge on any atom is -0.493 e. The third-order valence-corrected chi connectivity index (χ3v) is 5.69. The third-order valence-electron chi connectivity index (χ3n) is 4.39. The highest BCUT2D eigenvalue weighted by atomic mass is 32.2. The Balaban J connectivity index is 1.74. The highest BCUT2D eigenvalue weighted by Crippen LogP contribution is 2.34. The number of carboxylic acids is 1. The van der Waals surface area contributed by atoms with Crippen molar-refractivity contribution in [2.75, 3.05) is 13.7 Å². The molecule has 0 unspecified atom stereocenters. The molecule has 11 nitrogen and oxygen atoms in total. The number of non-ortho nitro benzene ring substituents is 1. The Hall–Kier alpha value is -3.97. The van der Waals surface area contributed by atoms with Gasteiger partial charge < -0.3 is 14.6 Å². The van der Waals surface area contributed by atoms with E-state index in [0.29, 0.717) is 17.1 Å². The van der Waals surface area contributed by atoms with Gasteiger partial charge in [0.2, 0.25) is 0 Å². The number of nitrogens with zero attached hydrogens (tertiary/aromatic N) is 2. The fourth-order valence-corrected chi connectivity index (χ4v) is 3.96. The van der Waals surface area contributed by atoms with Crippen molar-refractivity contribution in [2.24, 2.45) is 0 Å². The lowest BCUT2D eigenvalue weighted by molar-refractivity contribution is -0.384. The average Bonchev–Trinajstić information content (AvgIpc) is 3.06. The second kappa shape index (κ2) is 10.8. The number of rotatable bonds is 9. The largest absolute Gasteiger partial charge is 0.493 e. The zero-order valence-corrected chi connectivity index (χ0v) is 19.2. The molecule has 0 atom stereocenters. The van der Waals surface area contributed by atoms with Gasteiger partial charge in [-0.15, -0.1) is 0 Å². The number of thioether (sulfide) groups is 1. The average molecular weight is 504 g/mol. The van der Waals surface area contributed by atoms with E-state index in [4.69, 9.17) is 26.8 Å². The fraction of sp³-hybridized carbons (Fsp3) is 0.143. The number of hydrazine groups is 1. The Morgan fingerprint density at radius 2 is 2.03 bits per heavy atom. The van der Waals surface area contributed by atoms with Gasteiger partial charge in [-0.3, -0.25) is 29.9 Å². The van der Waals surface area contributed by atoms with Gasteiger partial charge in [0, 0.05) is 17.7 Å². The van der Waals surface area contributed by atoms with Gasteiger partial charge in [0.1, 0.15) is 0 Å². The van der Waals surface area contributed by atoms with Crippen LogP contribution in [0.2, 0.25) is 0 Å². The summed E-state index contributed by atoms with van der Waals surface area (Å²) in [7, 11) is 1.42.